The Balaban J connectivity index is 1.90. The van der Waals surface area contributed by atoms with Gasteiger partial charge in [0.15, 0.2) is 0 Å². The fraction of sp³-hybridized carbons (Fsp3) is 0.211. The molecule has 0 saturated carbocycles. The third kappa shape index (κ3) is 3.37. The zero-order valence-electron chi connectivity index (χ0n) is 13.3. The number of methoxy groups -OCH3 is 1. The van der Waals surface area contributed by atoms with E-state index in [9.17, 15) is 4.79 Å². The molecule has 1 aliphatic rings. The smallest absolute Gasteiger partial charge is 0.133 e. The zero-order chi connectivity index (χ0) is 16.2. The molecule has 2 aromatic rings. The first-order chi connectivity index (χ1) is 11.2. The maximum atomic E-state index is 11.6. The van der Waals surface area contributed by atoms with Crippen LogP contribution >= 0.6 is 0 Å². The first kappa shape index (κ1) is 15.2. The molecule has 0 aliphatic carbocycles. The van der Waals surface area contributed by atoms with Crippen LogP contribution in [0.25, 0.3) is 5.70 Å². The highest BCUT2D eigenvalue weighted by molar-refractivity contribution is 5.79. The van der Waals surface area contributed by atoms with Crippen LogP contribution in [0.15, 0.2) is 60.8 Å². The maximum Gasteiger partial charge on any atom is 0.133 e. The fourth-order valence-electron chi connectivity index (χ4n) is 2.72. The Morgan fingerprint density at radius 2 is 1.83 bits per heavy atom. The summed E-state index contributed by atoms with van der Waals surface area (Å²) < 4.78 is 5.20. The van der Waals surface area contributed by atoms with Crippen molar-refractivity contribution in [2.75, 3.05) is 12.0 Å². The first-order valence-electron chi connectivity index (χ1n) is 7.63. The highest BCUT2D eigenvalue weighted by Crippen LogP contribution is 2.28. The summed E-state index contributed by atoms with van der Waals surface area (Å²) in [4.78, 5) is 13.7. The molecule has 2 aromatic carbocycles. The van der Waals surface area contributed by atoms with Gasteiger partial charge in [-0.15, -0.1) is 0 Å². The van der Waals surface area contributed by atoms with Gasteiger partial charge >= 0.3 is 0 Å². The summed E-state index contributed by atoms with van der Waals surface area (Å²) in [5, 5.41) is 3.45. The molecule has 4 heteroatoms. The summed E-state index contributed by atoms with van der Waals surface area (Å²) in [5.74, 6) is 0.986. The van der Waals surface area contributed by atoms with Crippen molar-refractivity contribution in [3.63, 3.8) is 0 Å². The van der Waals surface area contributed by atoms with E-state index in [1.807, 2.05) is 54.6 Å². The average Bonchev–Trinajstić information content (AvgIpc) is 2.99. The van der Waals surface area contributed by atoms with Crippen LogP contribution in [0, 0.1) is 0 Å². The molecule has 1 atom stereocenters. The van der Waals surface area contributed by atoms with Gasteiger partial charge in [0.2, 0.25) is 0 Å². The van der Waals surface area contributed by atoms with Crippen LogP contribution in [0.2, 0.25) is 0 Å². The number of anilines is 1. The quantitative estimate of drug-likeness (QED) is 0.919. The number of benzene rings is 2. The Morgan fingerprint density at radius 1 is 1.13 bits per heavy atom. The van der Waals surface area contributed by atoms with Crippen LogP contribution in [0.5, 0.6) is 5.75 Å². The van der Waals surface area contributed by atoms with E-state index in [-0.39, 0.29) is 11.9 Å². The summed E-state index contributed by atoms with van der Waals surface area (Å²) in [6.45, 7) is 1.62. The van der Waals surface area contributed by atoms with Crippen LogP contribution in [0.4, 0.5) is 5.69 Å². The Hall–Kier alpha value is -2.75. The molecule has 1 N–H and O–H groups in total. The molecule has 3 rings (SSSR count). The van der Waals surface area contributed by atoms with E-state index in [1.54, 1.807) is 14.0 Å². The van der Waals surface area contributed by atoms with Crippen molar-refractivity contribution in [1.29, 1.82) is 0 Å². The highest BCUT2D eigenvalue weighted by atomic mass is 16.5. The van der Waals surface area contributed by atoms with Gasteiger partial charge in [-0.3, -0.25) is 4.79 Å². The lowest BCUT2D eigenvalue weighted by molar-refractivity contribution is -0.117. The fourth-order valence-corrected chi connectivity index (χ4v) is 2.72. The van der Waals surface area contributed by atoms with Crippen LogP contribution in [-0.2, 0) is 4.79 Å². The summed E-state index contributed by atoms with van der Waals surface area (Å²) in [6, 6.07) is 18.0. The number of nitrogens with one attached hydrogen (secondary N) is 1. The molecule has 0 saturated heterocycles. The summed E-state index contributed by atoms with van der Waals surface area (Å²) in [5.41, 5.74) is 3.13. The number of hydrogen-bond donors (Lipinski definition) is 1. The average molecular weight is 308 g/mol. The van der Waals surface area contributed by atoms with Gasteiger partial charge in [-0.25, -0.2) is 0 Å². The van der Waals surface area contributed by atoms with Crippen molar-refractivity contribution in [1.82, 2.24) is 5.32 Å². The lowest BCUT2D eigenvalue weighted by atomic mass is 10.1. The number of para-hydroxylation sites is 1. The Labute approximate surface area is 136 Å². The van der Waals surface area contributed by atoms with Gasteiger partial charge in [0, 0.05) is 18.3 Å². The molecule has 0 fully saturated rings. The summed E-state index contributed by atoms with van der Waals surface area (Å²) in [7, 11) is 1.65. The Kier molecular flexibility index (Phi) is 4.33. The number of ketones is 1. The lowest BCUT2D eigenvalue weighted by Gasteiger charge is -2.24. The molecule has 1 aliphatic heterocycles. The molecule has 0 amide bonds. The Bertz CT molecular complexity index is 708. The van der Waals surface area contributed by atoms with Crippen molar-refractivity contribution in [2.45, 2.75) is 19.5 Å². The monoisotopic (exact) mass is 308 g/mol. The number of carbonyl (C=O) groups excluding carboxylic acids is 1. The topological polar surface area (TPSA) is 41.6 Å². The van der Waals surface area contributed by atoms with Gasteiger partial charge in [-0.1, -0.05) is 18.2 Å². The molecule has 4 nitrogen and oxygen atoms in total. The molecule has 23 heavy (non-hydrogen) atoms. The van der Waals surface area contributed by atoms with E-state index < -0.39 is 0 Å². The zero-order valence-corrected chi connectivity index (χ0v) is 13.3. The number of carbonyl (C=O) groups is 1. The molecular weight excluding hydrogens is 288 g/mol. The normalized spacial score (nSPS) is 16.7. The van der Waals surface area contributed by atoms with E-state index in [4.69, 9.17) is 4.74 Å². The number of Topliss-reactive ketones (excluding diaryl/α,β-unsaturated/α-hetero) is 1. The highest BCUT2D eigenvalue weighted by Gasteiger charge is 2.26. The van der Waals surface area contributed by atoms with Gasteiger partial charge in [0.25, 0.3) is 0 Å². The molecule has 1 heterocycles. The van der Waals surface area contributed by atoms with Gasteiger partial charge in [-0.05, 0) is 48.9 Å². The van der Waals surface area contributed by atoms with Crippen molar-refractivity contribution < 1.29 is 9.53 Å². The predicted molar refractivity (Wildman–Crippen MR) is 92.1 cm³/mol. The molecular formula is C19H20N2O2. The van der Waals surface area contributed by atoms with E-state index in [2.05, 4.69) is 16.4 Å². The number of rotatable bonds is 5. The van der Waals surface area contributed by atoms with Gasteiger partial charge in [-0.2, -0.15) is 0 Å². The van der Waals surface area contributed by atoms with Crippen LogP contribution in [0.1, 0.15) is 18.9 Å². The van der Waals surface area contributed by atoms with Gasteiger partial charge < -0.3 is 15.0 Å². The summed E-state index contributed by atoms with van der Waals surface area (Å²) >= 11 is 0. The third-order valence-electron chi connectivity index (χ3n) is 3.86. The molecule has 0 bridgehead atoms. The molecule has 118 valence electrons. The second kappa shape index (κ2) is 6.57. The van der Waals surface area contributed by atoms with Crippen LogP contribution in [0.3, 0.4) is 0 Å². The first-order valence-corrected chi connectivity index (χ1v) is 7.63. The maximum absolute atomic E-state index is 11.6. The summed E-state index contributed by atoms with van der Waals surface area (Å²) in [6.07, 6.45) is 2.45. The van der Waals surface area contributed by atoms with E-state index in [1.165, 1.54) is 0 Å². The van der Waals surface area contributed by atoms with Crippen molar-refractivity contribution in [3.05, 3.63) is 66.4 Å². The van der Waals surface area contributed by atoms with Gasteiger partial charge in [0.05, 0.1) is 12.8 Å². The minimum Gasteiger partial charge on any atom is -0.497 e. The molecule has 0 spiro atoms. The SMILES string of the molecule is COc1ccc(C2=CN(c3ccccc3)C(CC(C)=O)N2)cc1. The second-order valence-electron chi connectivity index (χ2n) is 5.58. The minimum atomic E-state index is -0.0630. The minimum absolute atomic E-state index is 0.0630. The van der Waals surface area contributed by atoms with Crippen LogP contribution in [-0.4, -0.2) is 19.1 Å². The van der Waals surface area contributed by atoms with E-state index in [0.29, 0.717) is 6.42 Å². The number of ether oxygens (including phenoxy) is 1. The van der Waals surface area contributed by atoms with E-state index in [0.717, 1.165) is 22.7 Å². The second-order valence-corrected chi connectivity index (χ2v) is 5.58. The van der Waals surface area contributed by atoms with Crippen molar-refractivity contribution in [2.24, 2.45) is 0 Å². The predicted octanol–water partition coefficient (Wildman–Crippen LogP) is 3.41. The molecule has 0 aromatic heterocycles. The van der Waals surface area contributed by atoms with Gasteiger partial charge in [0.1, 0.15) is 17.7 Å². The standard InChI is InChI=1S/C19H20N2O2/c1-14(22)12-19-20-18(15-8-10-17(23-2)11-9-15)13-21(19)16-6-4-3-5-7-16/h3-11,13,19-20H,12H2,1-2H3. The van der Waals surface area contributed by atoms with Crippen molar-refractivity contribution >= 4 is 17.2 Å². The molecule has 0 radical (unpaired) electrons. The Morgan fingerprint density at radius 3 is 2.43 bits per heavy atom. The van der Waals surface area contributed by atoms with Crippen molar-refractivity contribution in [3.8, 4) is 5.75 Å². The molecule has 1 unspecified atom stereocenters. The van der Waals surface area contributed by atoms with E-state index >= 15 is 0 Å². The number of hydrogen-bond acceptors (Lipinski definition) is 4. The lowest BCUT2D eigenvalue weighted by Crippen LogP contribution is -2.37. The largest absolute Gasteiger partial charge is 0.497 e. The third-order valence-corrected chi connectivity index (χ3v) is 3.86. The van der Waals surface area contributed by atoms with Crippen LogP contribution < -0.4 is 15.0 Å². The number of nitrogens with zero attached hydrogens (tertiary/aromatic N) is 1.